The third kappa shape index (κ3) is 5.04. The van der Waals surface area contributed by atoms with Gasteiger partial charge in [0, 0.05) is 12.2 Å². The van der Waals surface area contributed by atoms with Gasteiger partial charge in [0.25, 0.3) is 5.91 Å². The fourth-order valence-corrected chi connectivity index (χ4v) is 3.54. The number of ether oxygens (including phenoxy) is 2. The maximum atomic E-state index is 12.5. The molecule has 0 fully saturated rings. The molecule has 0 aliphatic carbocycles. The number of benzene rings is 3. The summed E-state index contributed by atoms with van der Waals surface area (Å²) in [5.74, 6) is 1.16. The van der Waals surface area contributed by atoms with Crippen molar-refractivity contribution in [3.63, 3.8) is 0 Å². The van der Waals surface area contributed by atoms with Gasteiger partial charge in [0.2, 0.25) is 5.91 Å². The van der Waals surface area contributed by atoms with Crippen molar-refractivity contribution in [2.45, 2.75) is 12.8 Å². The van der Waals surface area contributed by atoms with Crippen LogP contribution in [0.5, 0.6) is 11.5 Å². The minimum absolute atomic E-state index is 0.0188. The molecular weight excluding hydrogens is 392 g/mol. The third-order valence-electron chi connectivity index (χ3n) is 5.18. The number of anilines is 2. The van der Waals surface area contributed by atoms with Gasteiger partial charge < -0.3 is 19.7 Å². The van der Waals surface area contributed by atoms with Gasteiger partial charge in [-0.15, -0.1) is 0 Å². The highest BCUT2D eigenvalue weighted by Crippen LogP contribution is 2.34. The van der Waals surface area contributed by atoms with Crippen molar-refractivity contribution < 1.29 is 19.1 Å². The smallest absolute Gasteiger partial charge is 0.265 e. The van der Waals surface area contributed by atoms with Gasteiger partial charge in [0.1, 0.15) is 11.5 Å². The number of nitrogens with one attached hydrogen (secondary N) is 1. The highest BCUT2D eigenvalue weighted by molar-refractivity contribution is 5.99. The maximum absolute atomic E-state index is 12.5. The van der Waals surface area contributed by atoms with Gasteiger partial charge in [-0.25, -0.2) is 0 Å². The fourth-order valence-electron chi connectivity index (χ4n) is 3.54. The molecule has 1 aliphatic heterocycles. The minimum atomic E-state index is -0.135. The van der Waals surface area contributed by atoms with Crippen LogP contribution >= 0.6 is 0 Å². The van der Waals surface area contributed by atoms with Crippen molar-refractivity contribution in [2.24, 2.45) is 0 Å². The van der Waals surface area contributed by atoms with E-state index in [9.17, 15) is 9.59 Å². The zero-order valence-electron chi connectivity index (χ0n) is 17.3. The largest absolute Gasteiger partial charge is 0.497 e. The number of methoxy groups -OCH3 is 1. The molecule has 0 aromatic heterocycles. The predicted octanol–water partition coefficient (Wildman–Crippen LogP) is 3.84. The molecule has 3 aromatic carbocycles. The molecule has 6 heteroatoms. The first-order valence-electron chi connectivity index (χ1n) is 10.2. The number of fused-ring (bicyclic) bond motifs is 1. The fraction of sp³-hybridized carbons (Fsp3) is 0.200. The quantitative estimate of drug-likeness (QED) is 0.635. The SMILES string of the molecule is COc1ccc(CC(=O)Nc2ccc3c(c2)N(CCc2ccccc2)C(=O)CO3)cc1. The van der Waals surface area contributed by atoms with Gasteiger partial charge in [-0.2, -0.15) is 0 Å². The highest BCUT2D eigenvalue weighted by Gasteiger charge is 2.25. The second kappa shape index (κ2) is 9.34. The van der Waals surface area contributed by atoms with Gasteiger partial charge in [-0.1, -0.05) is 42.5 Å². The van der Waals surface area contributed by atoms with Crippen LogP contribution in [0.15, 0.2) is 72.8 Å². The molecule has 0 spiro atoms. The molecule has 0 saturated carbocycles. The van der Waals surface area contributed by atoms with E-state index in [0.717, 1.165) is 23.3 Å². The Balaban J connectivity index is 1.45. The molecule has 158 valence electrons. The Bertz CT molecular complexity index is 1060. The van der Waals surface area contributed by atoms with Crippen LogP contribution in [0.4, 0.5) is 11.4 Å². The van der Waals surface area contributed by atoms with Gasteiger partial charge in [-0.3, -0.25) is 9.59 Å². The summed E-state index contributed by atoms with van der Waals surface area (Å²) in [6.07, 6.45) is 0.980. The molecule has 0 radical (unpaired) electrons. The first-order valence-corrected chi connectivity index (χ1v) is 10.2. The van der Waals surface area contributed by atoms with Gasteiger partial charge in [0.05, 0.1) is 19.2 Å². The predicted molar refractivity (Wildman–Crippen MR) is 120 cm³/mol. The van der Waals surface area contributed by atoms with Crippen LogP contribution in [-0.2, 0) is 22.4 Å². The van der Waals surface area contributed by atoms with Crippen molar-refractivity contribution in [2.75, 3.05) is 30.5 Å². The molecule has 1 N–H and O–H groups in total. The Morgan fingerprint density at radius 2 is 1.81 bits per heavy atom. The average molecular weight is 416 g/mol. The van der Waals surface area contributed by atoms with Crippen molar-refractivity contribution in [1.82, 2.24) is 0 Å². The third-order valence-corrected chi connectivity index (χ3v) is 5.18. The minimum Gasteiger partial charge on any atom is -0.497 e. The monoisotopic (exact) mass is 416 g/mol. The zero-order valence-corrected chi connectivity index (χ0v) is 17.3. The van der Waals surface area contributed by atoms with Crippen LogP contribution in [0.2, 0.25) is 0 Å². The Morgan fingerprint density at radius 3 is 2.55 bits per heavy atom. The second-order valence-electron chi connectivity index (χ2n) is 7.33. The van der Waals surface area contributed by atoms with E-state index in [2.05, 4.69) is 5.32 Å². The summed E-state index contributed by atoms with van der Waals surface area (Å²) in [6.45, 7) is 0.563. The standard InChI is InChI=1S/C25H24N2O4/c1-30-21-10-7-19(8-11-21)15-24(28)26-20-9-12-23-22(16-20)27(25(29)17-31-23)14-13-18-5-3-2-4-6-18/h2-12,16H,13-15,17H2,1H3,(H,26,28). The first kappa shape index (κ1) is 20.5. The lowest BCUT2D eigenvalue weighted by Gasteiger charge is -2.30. The van der Waals surface area contributed by atoms with Crippen molar-refractivity contribution in [3.8, 4) is 11.5 Å². The van der Waals surface area contributed by atoms with E-state index < -0.39 is 0 Å². The van der Waals surface area contributed by atoms with Crippen LogP contribution in [0.1, 0.15) is 11.1 Å². The van der Waals surface area contributed by atoms with E-state index in [1.807, 2.05) is 54.6 Å². The number of amides is 2. The van der Waals surface area contributed by atoms with Crippen molar-refractivity contribution in [1.29, 1.82) is 0 Å². The summed E-state index contributed by atoms with van der Waals surface area (Å²) >= 11 is 0. The van der Waals surface area contributed by atoms with Crippen LogP contribution in [0.3, 0.4) is 0 Å². The Morgan fingerprint density at radius 1 is 1.03 bits per heavy atom. The summed E-state index contributed by atoms with van der Waals surface area (Å²) in [4.78, 5) is 26.7. The Labute approximate surface area is 181 Å². The molecule has 2 amide bonds. The van der Waals surface area contributed by atoms with Crippen molar-refractivity contribution >= 4 is 23.2 Å². The average Bonchev–Trinajstić information content (AvgIpc) is 2.79. The molecule has 1 heterocycles. The molecule has 1 aliphatic rings. The lowest BCUT2D eigenvalue weighted by Crippen LogP contribution is -2.40. The molecular formula is C25H24N2O4. The van der Waals surface area contributed by atoms with Crippen LogP contribution < -0.4 is 19.7 Å². The van der Waals surface area contributed by atoms with Gasteiger partial charge in [-0.05, 0) is 47.9 Å². The first-order chi connectivity index (χ1) is 15.1. The molecule has 4 rings (SSSR count). The topological polar surface area (TPSA) is 67.9 Å². The van der Waals surface area contributed by atoms with Crippen LogP contribution in [0.25, 0.3) is 0 Å². The van der Waals surface area contributed by atoms with E-state index >= 15 is 0 Å². The van der Waals surface area contributed by atoms with Crippen LogP contribution in [0, 0.1) is 0 Å². The number of rotatable bonds is 7. The van der Waals surface area contributed by atoms with E-state index in [-0.39, 0.29) is 24.8 Å². The Kier molecular flexibility index (Phi) is 6.17. The molecule has 0 bridgehead atoms. The van der Waals surface area contributed by atoms with Gasteiger partial charge in [0.15, 0.2) is 6.61 Å². The van der Waals surface area contributed by atoms with E-state index in [1.54, 1.807) is 30.2 Å². The summed E-state index contributed by atoms with van der Waals surface area (Å²) in [6, 6.07) is 22.8. The Hall–Kier alpha value is -3.80. The highest BCUT2D eigenvalue weighted by atomic mass is 16.5. The molecule has 0 saturated heterocycles. The summed E-state index contributed by atoms with van der Waals surface area (Å²) in [5.41, 5.74) is 3.35. The number of carbonyl (C=O) groups is 2. The lowest BCUT2D eigenvalue weighted by molar-refractivity contribution is -0.121. The molecule has 31 heavy (non-hydrogen) atoms. The zero-order chi connectivity index (χ0) is 21.6. The number of hydrogen-bond donors (Lipinski definition) is 1. The molecule has 0 unspecified atom stereocenters. The molecule has 6 nitrogen and oxygen atoms in total. The maximum Gasteiger partial charge on any atom is 0.265 e. The molecule has 3 aromatic rings. The van der Waals surface area contributed by atoms with Crippen LogP contribution in [-0.4, -0.2) is 32.1 Å². The number of carbonyl (C=O) groups excluding carboxylic acids is 2. The second-order valence-corrected chi connectivity index (χ2v) is 7.33. The summed E-state index contributed by atoms with van der Waals surface area (Å²) < 4.78 is 10.7. The van der Waals surface area contributed by atoms with Gasteiger partial charge >= 0.3 is 0 Å². The molecule has 0 atom stereocenters. The summed E-state index contributed by atoms with van der Waals surface area (Å²) in [5, 5.41) is 2.91. The number of hydrogen-bond acceptors (Lipinski definition) is 4. The number of nitrogens with zero attached hydrogens (tertiary/aromatic N) is 1. The summed E-state index contributed by atoms with van der Waals surface area (Å²) in [7, 11) is 1.61. The van der Waals surface area contributed by atoms with E-state index in [4.69, 9.17) is 9.47 Å². The van der Waals surface area contributed by atoms with E-state index in [0.29, 0.717) is 23.7 Å². The normalized spacial score (nSPS) is 12.7. The van der Waals surface area contributed by atoms with E-state index in [1.165, 1.54) is 0 Å². The lowest BCUT2D eigenvalue weighted by atomic mass is 10.1. The van der Waals surface area contributed by atoms with Crippen molar-refractivity contribution in [3.05, 3.63) is 83.9 Å².